The molecule has 4 rings (SSSR count). The monoisotopic (exact) mass is 574 g/mol. The number of thiazole rings is 1. The second kappa shape index (κ2) is 11.2. The summed E-state index contributed by atoms with van der Waals surface area (Å²) in [5, 5.41) is 12.5. The van der Waals surface area contributed by atoms with Gasteiger partial charge in [-0.25, -0.2) is 13.4 Å². The average Bonchev–Trinajstić information content (AvgIpc) is 3.38. The van der Waals surface area contributed by atoms with Crippen LogP contribution in [0.25, 0.3) is 0 Å². The molecule has 36 heavy (non-hydrogen) atoms. The molecule has 2 heterocycles. The van der Waals surface area contributed by atoms with E-state index in [9.17, 15) is 18.3 Å². The summed E-state index contributed by atoms with van der Waals surface area (Å²) in [6.07, 6.45) is 0.684. The first-order chi connectivity index (χ1) is 17.2. The quantitative estimate of drug-likeness (QED) is 0.414. The molecule has 0 radical (unpaired) electrons. The van der Waals surface area contributed by atoms with Gasteiger partial charge in [0, 0.05) is 39.8 Å². The van der Waals surface area contributed by atoms with Crippen LogP contribution in [0.3, 0.4) is 0 Å². The number of ether oxygens (including phenoxy) is 1. The van der Waals surface area contributed by atoms with E-state index in [2.05, 4.69) is 9.71 Å². The third-order valence-electron chi connectivity index (χ3n) is 5.71. The Morgan fingerprint density at radius 3 is 2.69 bits per heavy atom. The van der Waals surface area contributed by atoms with Crippen molar-refractivity contribution in [3.8, 4) is 5.75 Å². The third-order valence-corrected chi connectivity index (χ3v) is 8.68. The largest absolute Gasteiger partial charge is 0.479 e. The lowest BCUT2D eigenvalue weighted by Crippen LogP contribution is -2.59. The zero-order chi connectivity index (χ0) is 25.9. The summed E-state index contributed by atoms with van der Waals surface area (Å²) < 4.78 is 33.4. The number of hydrogen-bond donors (Lipinski definition) is 2. The Bertz CT molecular complexity index is 1320. The van der Waals surface area contributed by atoms with Gasteiger partial charge in [-0.2, -0.15) is 0 Å². The summed E-state index contributed by atoms with van der Waals surface area (Å²) in [5.74, 6) is 0.0306. The number of carbonyl (C=O) groups is 1. The third kappa shape index (κ3) is 5.87. The van der Waals surface area contributed by atoms with Crippen molar-refractivity contribution in [1.29, 1.82) is 0 Å². The molecule has 0 aliphatic carbocycles. The molecule has 0 saturated carbocycles. The van der Waals surface area contributed by atoms with Crippen LogP contribution < -0.4 is 14.4 Å². The fourth-order valence-corrected chi connectivity index (χ4v) is 5.99. The molecule has 1 aliphatic rings. The van der Waals surface area contributed by atoms with E-state index in [0.29, 0.717) is 35.5 Å². The SMILES string of the molecule is C[C@@H](Oc1cccc(Cl)c1Cl)C(=O)N1CCN(c2ccc(S(=O)(=O)Nc3nccs3)cc2)C[C@H]1CO.[HH].[HH]. The van der Waals surface area contributed by atoms with Gasteiger partial charge >= 0.3 is 0 Å². The minimum atomic E-state index is -3.75. The molecule has 1 aliphatic heterocycles. The molecule has 1 saturated heterocycles. The van der Waals surface area contributed by atoms with Gasteiger partial charge in [-0.1, -0.05) is 29.3 Å². The first-order valence-corrected chi connectivity index (χ1v) is 14.1. The number of halogens is 2. The number of benzene rings is 2. The van der Waals surface area contributed by atoms with Gasteiger partial charge in [-0.15, -0.1) is 11.3 Å². The molecule has 2 N–H and O–H groups in total. The number of amides is 1. The van der Waals surface area contributed by atoms with Crippen LogP contribution in [0, 0.1) is 0 Å². The topological polar surface area (TPSA) is 112 Å². The van der Waals surface area contributed by atoms with Gasteiger partial charge in [0.05, 0.1) is 22.6 Å². The maximum Gasteiger partial charge on any atom is 0.263 e. The zero-order valence-corrected chi connectivity index (χ0v) is 22.3. The molecule has 3 aromatic rings. The lowest BCUT2D eigenvalue weighted by atomic mass is 10.1. The van der Waals surface area contributed by atoms with Crippen molar-refractivity contribution in [1.82, 2.24) is 9.88 Å². The van der Waals surface area contributed by atoms with Gasteiger partial charge in [-0.05, 0) is 43.3 Å². The number of carbonyl (C=O) groups excluding carboxylic acids is 1. The Labute approximate surface area is 226 Å². The van der Waals surface area contributed by atoms with Crippen molar-refractivity contribution >= 4 is 61.3 Å². The van der Waals surface area contributed by atoms with Crippen LogP contribution in [0.5, 0.6) is 5.75 Å². The van der Waals surface area contributed by atoms with Crippen molar-refractivity contribution in [3.63, 3.8) is 0 Å². The average molecular weight is 576 g/mol. The van der Waals surface area contributed by atoms with Crippen molar-refractivity contribution in [2.24, 2.45) is 0 Å². The first kappa shape index (κ1) is 26.5. The molecular weight excluding hydrogens is 547 g/mol. The predicted molar refractivity (Wildman–Crippen MR) is 145 cm³/mol. The van der Waals surface area contributed by atoms with Crippen molar-refractivity contribution in [2.75, 3.05) is 35.9 Å². The van der Waals surface area contributed by atoms with E-state index >= 15 is 0 Å². The number of rotatable bonds is 8. The van der Waals surface area contributed by atoms with Crippen LogP contribution in [0.15, 0.2) is 58.9 Å². The van der Waals surface area contributed by atoms with E-state index < -0.39 is 22.2 Å². The van der Waals surface area contributed by atoms with Crippen molar-refractivity contribution < 1.29 is 25.9 Å². The van der Waals surface area contributed by atoms with Gasteiger partial charge in [0.2, 0.25) is 0 Å². The number of aliphatic hydroxyl groups excluding tert-OH is 1. The van der Waals surface area contributed by atoms with Gasteiger partial charge < -0.3 is 19.6 Å². The minimum Gasteiger partial charge on any atom is -0.479 e. The maximum absolute atomic E-state index is 13.1. The summed E-state index contributed by atoms with van der Waals surface area (Å²) >= 11 is 13.4. The number of nitrogens with one attached hydrogen (secondary N) is 1. The molecule has 13 heteroatoms. The number of anilines is 2. The van der Waals surface area contributed by atoms with Crippen LogP contribution >= 0.6 is 34.5 Å². The first-order valence-electron chi connectivity index (χ1n) is 11.0. The van der Waals surface area contributed by atoms with Crippen molar-refractivity contribution in [3.05, 3.63) is 64.1 Å². The molecule has 9 nitrogen and oxygen atoms in total. The molecule has 1 aromatic heterocycles. The highest BCUT2D eigenvalue weighted by molar-refractivity contribution is 7.93. The molecule has 0 bridgehead atoms. The maximum atomic E-state index is 13.1. The van der Waals surface area contributed by atoms with Crippen LogP contribution in [0.4, 0.5) is 10.8 Å². The molecule has 1 fully saturated rings. The summed E-state index contributed by atoms with van der Waals surface area (Å²) in [6, 6.07) is 10.9. The fourth-order valence-electron chi connectivity index (χ4n) is 3.87. The van der Waals surface area contributed by atoms with E-state index in [4.69, 9.17) is 27.9 Å². The summed E-state index contributed by atoms with van der Waals surface area (Å²) in [5.41, 5.74) is 0.781. The second-order valence-electron chi connectivity index (χ2n) is 8.06. The normalized spacial score (nSPS) is 17.1. The van der Waals surface area contributed by atoms with Crippen LogP contribution in [0.2, 0.25) is 10.0 Å². The highest BCUT2D eigenvalue weighted by atomic mass is 35.5. The number of sulfonamides is 1. The molecule has 2 aromatic carbocycles. The number of piperazine rings is 1. The predicted octanol–water partition coefficient (Wildman–Crippen LogP) is 4.22. The Balaban J connectivity index is 0.00000253. The Kier molecular flexibility index (Phi) is 8.26. The molecular formula is C23H28Cl2N4O5S2. The van der Waals surface area contributed by atoms with Crippen LogP contribution in [0.1, 0.15) is 9.78 Å². The number of aromatic nitrogens is 1. The van der Waals surface area contributed by atoms with Gasteiger partial charge in [0.25, 0.3) is 15.9 Å². The van der Waals surface area contributed by atoms with Gasteiger partial charge in [0.15, 0.2) is 11.2 Å². The van der Waals surface area contributed by atoms with E-state index in [1.165, 1.54) is 29.7 Å². The molecule has 0 unspecified atom stereocenters. The highest BCUT2D eigenvalue weighted by Gasteiger charge is 2.33. The van der Waals surface area contributed by atoms with E-state index in [-0.39, 0.29) is 25.3 Å². The lowest BCUT2D eigenvalue weighted by molar-refractivity contribution is -0.141. The molecule has 196 valence electrons. The number of hydrogen-bond acceptors (Lipinski definition) is 8. The number of aliphatic hydroxyl groups is 1. The fraction of sp³-hybridized carbons (Fsp3) is 0.304. The molecule has 0 spiro atoms. The lowest BCUT2D eigenvalue weighted by Gasteiger charge is -2.42. The van der Waals surface area contributed by atoms with Gasteiger partial charge in [0.1, 0.15) is 10.8 Å². The second-order valence-corrected chi connectivity index (χ2v) is 11.4. The van der Waals surface area contributed by atoms with Gasteiger partial charge in [-0.3, -0.25) is 9.52 Å². The van der Waals surface area contributed by atoms with E-state index in [0.717, 1.165) is 5.69 Å². The van der Waals surface area contributed by atoms with Crippen molar-refractivity contribution in [2.45, 2.75) is 24.0 Å². The standard InChI is InChI=1S/C23H24Cl2N4O5S2.2H2/c1-15(34-20-4-2-3-19(24)21(20)25)22(31)29-11-10-28(13-17(29)14-30)16-5-7-18(8-6-16)36(32,33)27-23-26-9-12-35-23;;/h2-9,12,15,17,30H,10-11,13-14H2,1H3,(H,26,27);2*1H/t15-,17+;;/m1../s1. The Morgan fingerprint density at radius 2 is 2.03 bits per heavy atom. The van der Waals surface area contributed by atoms with Crippen LogP contribution in [-0.2, 0) is 14.8 Å². The Hall–Kier alpha value is -2.57. The summed E-state index contributed by atoms with van der Waals surface area (Å²) in [6.45, 7) is 2.61. The zero-order valence-electron chi connectivity index (χ0n) is 19.2. The minimum absolute atomic E-state index is 0. The Morgan fingerprint density at radius 1 is 1.28 bits per heavy atom. The smallest absolute Gasteiger partial charge is 0.263 e. The highest BCUT2D eigenvalue weighted by Crippen LogP contribution is 2.32. The van der Waals surface area contributed by atoms with E-state index in [1.54, 1.807) is 47.5 Å². The number of nitrogens with zero attached hydrogens (tertiary/aromatic N) is 3. The summed E-state index contributed by atoms with van der Waals surface area (Å²) in [4.78, 5) is 20.8. The molecule has 2 atom stereocenters. The molecule has 1 amide bonds. The van der Waals surface area contributed by atoms with Crippen LogP contribution in [-0.4, -0.2) is 67.7 Å². The van der Waals surface area contributed by atoms with E-state index in [1.807, 2.05) is 4.90 Å². The summed E-state index contributed by atoms with van der Waals surface area (Å²) in [7, 11) is -3.75.